The number of hydrogen-bond donors (Lipinski definition) is 0. The second-order valence-corrected chi connectivity index (χ2v) is 12.5. The highest BCUT2D eigenvalue weighted by atomic mass is 32.2. The third-order valence-electron chi connectivity index (χ3n) is 6.27. The van der Waals surface area contributed by atoms with E-state index in [4.69, 9.17) is 0 Å². The molecule has 2 heterocycles. The minimum atomic E-state index is 0.983. The van der Waals surface area contributed by atoms with Crippen molar-refractivity contribution >= 4 is 35.3 Å². The Morgan fingerprint density at radius 3 is 1.24 bits per heavy atom. The molecule has 4 unspecified atom stereocenters. The van der Waals surface area contributed by atoms with Crippen LogP contribution in [0, 0.1) is 11.8 Å². The fourth-order valence-corrected chi connectivity index (χ4v) is 8.65. The molecule has 2 saturated heterocycles. The van der Waals surface area contributed by atoms with Crippen molar-refractivity contribution in [1.29, 1.82) is 0 Å². The molecule has 0 nitrogen and oxygen atoms in total. The van der Waals surface area contributed by atoms with Gasteiger partial charge in [-0.05, 0) is 63.2 Å². The van der Waals surface area contributed by atoms with Crippen molar-refractivity contribution in [3.63, 3.8) is 0 Å². The highest BCUT2D eigenvalue weighted by Gasteiger charge is 2.43. The Bertz CT molecular complexity index is 321. The highest BCUT2D eigenvalue weighted by molar-refractivity contribution is 8.07. The van der Waals surface area contributed by atoms with Gasteiger partial charge < -0.3 is 0 Å². The van der Waals surface area contributed by atoms with Crippen molar-refractivity contribution in [2.45, 2.75) is 96.7 Å². The van der Waals surface area contributed by atoms with Gasteiger partial charge in [-0.2, -0.15) is 35.3 Å². The molecule has 0 aromatic rings. The first-order valence-corrected chi connectivity index (χ1v) is 12.0. The Hall–Kier alpha value is 1.05. The van der Waals surface area contributed by atoms with Crippen LogP contribution >= 0.6 is 35.3 Å². The van der Waals surface area contributed by atoms with Gasteiger partial charge in [0.2, 0.25) is 0 Å². The van der Waals surface area contributed by atoms with Crippen molar-refractivity contribution < 1.29 is 0 Å². The normalized spacial score (nSPS) is 53.4. The van der Waals surface area contributed by atoms with E-state index >= 15 is 0 Å². The maximum Gasteiger partial charge on any atom is 0.0195 e. The van der Waals surface area contributed by atoms with Crippen LogP contribution in [-0.4, -0.2) is 31.5 Å². The number of hydrogen-bond acceptors (Lipinski definition) is 3. The molecule has 0 bridgehead atoms. The molecule has 3 heteroatoms. The molecule has 21 heavy (non-hydrogen) atoms. The van der Waals surface area contributed by atoms with E-state index < -0.39 is 0 Å². The summed E-state index contributed by atoms with van der Waals surface area (Å²) in [5.74, 6) is 2.15. The molecule has 120 valence electrons. The third kappa shape index (κ3) is 3.76. The van der Waals surface area contributed by atoms with Crippen molar-refractivity contribution in [2.24, 2.45) is 11.8 Å². The summed E-state index contributed by atoms with van der Waals surface area (Å²) in [6.45, 7) is 4.85. The fraction of sp³-hybridized carbons (Fsp3) is 1.00. The zero-order valence-electron chi connectivity index (χ0n) is 13.5. The highest BCUT2D eigenvalue weighted by Crippen LogP contribution is 2.53. The van der Waals surface area contributed by atoms with Gasteiger partial charge in [0, 0.05) is 31.5 Å². The van der Waals surface area contributed by atoms with Gasteiger partial charge in [-0.1, -0.05) is 13.8 Å². The lowest BCUT2D eigenvalue weighted by molar-refractivity contribution is 0.357. The van der Waals surface area contributed by atoms with Crippen LogP contribution in [0.5, 0.6) is 0 Å². The maximum atomic E-state index is 2.42. The lowest BCUT2D eigenvalue weighted by Gasteiger charge is -2.33. The standard InChI is InChI=1S/C18H30S3/c1-11-17(19-11)13-3-7-15(8-4-13)21-16-9-5-14(6-10-16)18-12(2)20-18/h11-18H,3-10H2,1-2H3. The first kappa shape index (κ1) is 15.6. The average molecular weight is 343 g/mol. The largest absolute Gasteiger partial charge is 0.155 e. The first-order chi connectivity index (χ1) is 10.2. The molecule has 0 aromatic carbocycles. The maximum absolute atomic E-state index is 2.42. The van der Waals surface area contributed by atoms with E-state index in [1.807, 2.05) is 0 Å². The van der Waals surface area contributed by atoms with Crippen molar-refractivity contribution in [3.8, 4) is 0 Å². The molecule has 4 rings (SSSR count). The van der Waals surface area contributed by atoms with Crippen LogP contribution in [0.3, 0.4) is 0 Å². The molecule has 2 saturated carbocycles. The molecule has 0 aromatic heterocycles. The second kappa shape index (κ2) is 6.51. The van der Waals surface area contributed by atoms with Gasteiger partial charge >= 0.3 is 0 Å². The molecule has 2 aliphatic carbocycles. The van der Waals surface area contributed by atoms with Gasteiger partial charge in [0.15, 0.2) is 0 Å². The van der Waals surface area contributed by atoms with Gasteiger partial charge in [-0.15, -0.1) is 0 Å². The Kier molecular flexibility index (Phi) is 4.83. The summed E-state index contributed by atoms with van der Waals surface area (Å²) in [6.07, 6.45) is 12.2. The lowest BCUT2D eigenvalue weighted by Crippen LogP contribution is -2.25. The Morgan fingerprint density at radius 1 is 0.619 bits per heavy atom. The van der Waals surface area contributed by atoms with E-state index in [2.05, 4.69) is 49.1 Å². The predicted molar refractivity (Wildman–Crippen MR) is 101 cm³/mol. The Balaban J connectivity index is 1.16. The van der Waals surface area contributed by atoms with Crippen LogP contribution < -0.4 is 0 Å². The zero-order valence-corrected chi connectivity index (χ0v) is 15.9. The van der Waals surface area contributed by atoms with Gasteiger partial charge in [0.05, 0.1) is 0 Å². The molecular formula is C18H30S3. The van der Waals surface area contributed by atoms with Crippen molar-refractivity contribution in [3.05, 3.63) is 0 Å². The topological polar surface area (TPSA) is 0 Å². The molecule has 0 N–H and O–H groups in total. The van der Waals surface area contributed by atoms with Crippen LogP contribution in [0.4, 0.5) is 0 Å². The summed E-state index contributed by atoms with van der Waals surface area (Å²) in [5.41, 5.74) is 0. The molecular weight excluding hydrogens is 312 g/mol. The van der Waals surface area contributed by atoms with Crippen LogP contribution in [-0.2, 0) is 0 Å². The minimum absolute atomic E-state index is 0.983. The average Bonchev–Trinajstić information content (AvgIpc) is 3.40. The first-order valence-electron chi connectivity index (χ1n) is 9.17. The molecule has 4 fully saturated rings. The van der Waals surface area contributed by atoms with E-state index in [0.29, 0.717) is 0 Å². The van der Waals surface area contributed by atoms with Crippen molar-refractivity contribution in [2.75, 3.05) is 0 Å². The predicted octanol–water partition coefficient (Wildman–Crippen LogP) is 5.85. The Morgan fingerprint density at radius 2 is 0.952 bits per heavy atom. The SMILES string of the molecule is CC1SC1C1CCC(SC2CCC(C3SC3C)CC2)CC1. The van der Waals surface area contributed by atoms with Gasteiger partial charge in [0.1, 0.15) is 0 Å². The molecule has 4 aliphatic rings. The fourth-order valence-electron chi connectivity index (χ4n) is 4.77. The molecule has 4 atom stereocenters. The summed E-state index contributed by atoms with van der Waals surface area (Å²) in [7, 11) is 0. The molecule has 0 spiro atoms. The monoisotopic (exact) mass is 342 g/mol. The van der Waals surface area contributed by atoms with E-state index in [9.17, 15) is 0 Å². The summed E-state index contributed by atoms with van der Waals surface area (Å²) >= 11 is 6.87. The number of thioether (sulfide) groups is 3. The molecule has 2 aliphatic heterocycles. The summed E-state index contributed by atoms with van der Waals surface area (Å²) in [4.78, 5) is 0. The van der Waals surface area contributed by atoms with E-state index in [1.54, 1.807) is 0 Å². The number of rotatable bonds is 4. The van der Waals surface area contributed by atoms with Crippen LogP contribution in [0.15, 0.2) is 0 Å². The summed E-state index contributed by atoms with van der Waals surface area (Å²) in [6, 6.07) is 0. The van der Waals surface area contributed by atoms with E-state index in [0.717, 1.165) is 43.3 Å². The van der Waals surface area contributed by atoms with Crippen molar-refractivity contribution in [1.82, 2.24) is 0 Å². The van der Waals surface area contributed by atoms with Gasteiger partial charge in [-0.25, -0.2) is 0 Å². The smallest absolute Gasteiger partial charge is 0.0195 e. The Labute approximate surface area is 143 Å². The van der Waals surface area contributed by atoms with Crippen LogP contribution in [0.1, 0.15) is 65.2 Å². The molecule has 0 radical (unpaired) electrons. The molecule has 0 amide bonds. The summed E-state index contributed by atoms with van der Waals surface area (Å²) < 4.78 is 0. The summed E-state index contributed by atoms with van der Waals surface area (Å²) in [5, 5.41) is 6.08. The quantitative estimate of drug-likeness (QED) is 0.589. The van der Waals surface area contributed by atoms with E-state index in [1.165, 1.54) is 51.4 Å². The van der Waals surface area contributed by atoms with Crippen LogP contribution in [0.2, 0.25) is 0 Å². The lowest BCUT2D eigenvalue weighted by atomic mass is 9.85. The second-order valence-electron chi connectivity index (χ2n) is 7.82. The van der Waals surface area contributed by atoms with Gasteiger partial charge in [-0.3, -0.25) is 0 Å². The third-order valence-corrected chi connectivity index (χ3v) is 11.0. The van der Waals surface area contributed by atoms with Gasteiger partial charge in [0.25, 0.3) is 0 Å². The minimum Gasteiger partial charge on any atom is -0.155 e. The van der Waals surface area contributed by atoms with Crippen LogP contribution in [0.25, 0.3) is 0 Å². The van der Waals surface area contributed by atoms with E-state index in [-0.39, 0.29) is 0 Å². The zero-order chi connectivity index (χ0) is 14.4.